The Morgan fingerprint density at radius 2 is 1.89 bits per heavy atom. The molecule has 0 radical (unpaired) electrons. The van der Waals surface area contributed by atoms with Crippen LogP contribution in [0.25, 0.3) is 10.8 Å². The second-order valence-electron chi connectivity index (χ2n) is 3.69. The monoisotopic (exact) mass is 244 g/mol. The summed E-state index contributed by atoms with van der Waals surface area (Å²) in [5, 5.41) is 4.16. The van der Waals surface area contributed by atoms with Gasteiger partial charge in [0.2, 0.25) is 0 Å². The van der Waals surface area contributed by atoms with Crippen LogP contribution in [0.5, 0.6) is 0 Å². The van der Waals surface area contributed by atoms with E-state index >= 15 is 0 Å². The lowest BCUT2D eigenvalue weighted by Gasteiger charge is -2.11. The Kier molecular flexibility index (Phi) is 3.14. The molecular formula is C13H12N2O3. The van der Waals surface area contributed by atoms with Crippen LogP contribution in [0.2, 0.25) is 0 Å². The summed E-state index contributed by atoms with van der Waals surface area (Å²) in [6.45, 7) is 0. The van der Waals surface area contributed by atoms with Crippen LogP contribution in [0.3, 0.4) is 0 Å². The van der Waals surface area contributed by atoms with Crippen LogP contribution in [0, 0.1) is 0 Å². The van der Waals surface area contributed by atoms with Gasteiger partial charge in [-0.1, -0.05) is 30.3 Å². The highest BCUT2D eigenvalue weighted by Crippen LogP contribution is 2.27. The Hall–Kier alpha value is -2.56. The van der Waals surface area contributed by atoms with Crippen molar-refractivity contribution in [2.75, 3.05) is 12.4 Å². The summed E-state index contributed by atoms with van der Waals surface area (Å²) in [4.78, 5) is 22.7. The van der Waals surface area contributed by atoms with Crippen LogP contribution in [0.15, 0.2) is 36.4 Å². The number of anilines is 1. The van der Waals surface area contributed by atoms with E-state index in [2.05, 4.69) is 10.1 Å². The largest absolute Gasteiger partial charge is 0.453 e. The summed E-state index contributed by atoms with van der Waals surface area (Å²) in [5.41, 5.74) is 5.91. The first-order chi connectivity index (χ1) is 8.63. The van der Waals surface area contributed by atoms with Gasteiger partial charge in [0, 0.05) is 5.39 Å². The van der Waals surface area contributed by atoms with Crippen molar-refractivity contribution in [3.63, 3.8) is 0 Å². The van der Waals surface area contributed by atoms with Gasteiger partial charge < -0.3 is 10.5 Å². The van der Waals surface area contributed by atoms with Crippen LogP contribution >= 0.6 is 0 Å². The maximum Gasteiger partial charge on any atom is 0.411 e. The van der Waals surface area contributed by atoms with Crippen molar-refractivity contribution in [3.8, 4) is 0 Å². The zero-order valence-electron chi connectivity index (χ0n) is 9.77. The number of nitrogens with one attached hydrogen (secondary N) is 1. The molecule has 3 N–H and O–H groups in total. The highest BCUT2D eigenvalue weighted by atomic mass is 16.5. The molecule has 2 aromatic rings. The fourth-order valence-corrected chi connectivity index (χ4v) is 1.76. The fourth-order valence-electron chi connectivity index (χ4n) is 1.76. The summed E-state index contributed by atoms with van der Waals surface area (Å²) in [5.74, 6) is -0.604. The first-order valence-corrected chi connectivity index (χ1v) is 5.30. The second kappa shape index (κ2) is 4.75. The molecule has 0 aliphatic carbocycles. The predicted octanol–water partition coefficient (Wildman–Crippen LogP) is 2.12. The smallest absolute Gasteiger partial charge is 0.411 e. The van der Waals surface area contributed by atoms with Gasteiger partial charge in [0.25, 0.3) is 5.91 Å². The quantitative estimate of drug-likeness (QED) is 0.848. The Labute approximate surface area is 104 Å². The molecule has 92 valence electrons. The van der Waals surface area contributed by atoms with Gasteiger partial charge in [0.1, 0.15) is 0 Å². The lowest BCUT2D eigenvalue weighted by Crippen LogP contribution is -2.18. The average molecular weight is 244 g/mol. The first kappa shape index (κ1) is 11.9. The topological polar surface area (TPSA) is 81.4 Å². The van der Waals surface area contributed by atoms with Gasteiger partial charge >= 0.3 is 6.09 Å². The van der Waals surface area contributed by atoms with Crippen molar-refractivity contribution in [1.29, 1.82) is 0 Å². The van der Waals surface area contributed by atoms with Gasteiger partial charge in [0.05, 0.1) is 18.4 Å². The number of ether oxygens (including phenoxy) is 1. The van der Waals surface area contributed by atoms with E-state index in [9.17, 15) is 9.59 Å². The number of fused-ring (bicyclic) bond motifs is 1. The third-order valence-corrected chi connectivity index (χ3v) is 2.61. The number of carbonyl (C=O) groups is 2. The lowest BCUT2D eigenvalue weighted by atomic mass is 10.0. The van der Waals surface area contributed by atoms with E-state index in [4.69, 9.17) is 5.73 Å². The molecule has 0 aliphatic heterocycles. The summed E-state index contributed by atoms with van der Waals surface area (Å²) in [6.07, 6.45) is -0.645. The predicted molar refractivity (Wildman–Crippen MR) is 68.5 cm³/mol. The van der Waals surface area contributed by atoms with Crippen molar-refractivity contribution in [2.45, 2.75) is 0 Å². The number of nitrogens with two attached hydrogens (primary N) is 1. The molecular weight excluding hydrogens is 232 g/mol. The summed E-state index contributed by atoms with van der Waals surface area (Å²) in [6, 6.07) is 10.7. The van der Waals surface area contributed by atoms with Crippen LogP contribution in [-0.4, -0.2) is 19.1 Å². The van der Waals surface area contributed by atoms with E-state index in [-0.39, 0.29) is 5.56 Å². The van der Waals surface area contributed by atoms with Crippen LogP contribution in [-0.2, 0) is 4.74 Å². The number of hydrogen-bond acceptors (Lipinski definition) is 3. The zero-order valence-corrected chi connectivity index (χ0v) is 9.77. The van der Waals surface area contributed by atoms with Gasteiger partial charge in [-0.2, -0.15) is 0 Å². The normalized spacial score (nSPS) is 10.1. The van der Waals surface area contributed by atoms with Crippen molar-refractivity contribution in [2.24, 2.45) is 5.73 Å². The van der Waals surface area contributed by atoms with Crippen LogP contribution in [0.4, 0.5) is 10.5 Å². The average Bonchev–Trinajstić information content (AvgIpc) is 2.38. The molecule has 2 amide bonds. The third-order valence-electron chi connectivity index (χ3n) is 2.61. The minimum Gasteiger partial charge on any atom is -0.453 e. The number of primary amides is 1. The van der Waals surface area contributed by atoms with Gasteiger partial charge in [-0.15, -0.1) is 0 Å². The van der Waals surface area contributed by atoms with Gasteiger partial charge in [0.15, 0.2) is 0 Å². The number of rotatable bonds is 2. The molecule has 0 aliphatic rings. The van der Waals surface area contributed by atoms with Crippen LogP contribution in [0.1, 0.15) is 10.4 Å². The van der Waals surface area contributed by atoms with Gasteiger partial charge in [-0.25, -0.2) is 4.79 Å². The van der Waals surface area contributed by atoms with Crippen molar-refractivity contribution in [3.05, 3.63) is 42.0 Å². The highest BCUT2D eigenvalue weighted by Gasteiger charge is 2.14. The molecule has 0 bridgehead atoms. The number of methoxy groups -OCH3 is 1. The standard InChI is InChI=1S/C13H12N2O3/c1-18-13(17)15-11-9-5-3-2-4-8(9)6-7-10(11)12(14)16/h2-7H,1H3,(H2,14,16)(H,15,17). The number of benzene rings is 2. The number of carbonyl (C=O) groups excluding carboxylic acids is 2. The fraction of sp³-hybridized carbons (Fsp3) is 0.0769. The van der Waals surface area contributed by atoms with Crippen molar-refractivity contribution >= 4 is 28.5 Å². The maximum atomic E-state index is 11.4. The molecule has 0 fully saturated rings. The molecule has 2 rings (SSSR count). The van der Waals surface area contributed by atoms with E-state index in [1.807, 2.05) is 18.2 Å². The SMILES string of the molecule is COC(=O)Nc1c(C(N)=O)ccc2ccccc12. The number of hydrogen-bond donors (Lipinski definition) is 2. The summed E-state index contributed by atoms with van der Waals surface area (Å²) >= 11 is 0. The highest BCUT2D eigenvalue weighted by molar-refractivity contribution is 6.11. The minimum absolute atomic E-state index is 0.249. The summed E-state index contributed by atoms with van der Waals surface area (Å²) in [7, 11) is 1.25. The third kappa shape index (κ3) is 2.10. The van der Waals surface area contributed by atoms with E-state index in [0.29, 0.717) is 5.69 Å². The molecule has 0 saturated carbocycles. The molecule has 18 heavy (non-hydrogen) atoms. The Morgan fingerprint density at radius 1 is 1.17 bits per heavy atom. The molecule has 5 heteroatoms. The van der Waals surface area contributed by atoms with E-state index < -0.39 is 12.0 Å². The summed E-state index contributed by atoms with van der Waals surface area (Å²) < 4.78 is 4.54. The van der Waals surface area contributed by atoms with E-state index in [1.54, 1.807) is 18.2 Å². The number of amides is 2. The Morgan fingerprint density at radius 3 is 2.56 bits per heavy atom. The molecule has 0 atom stereocenters. The molecule has 0 spiro atoms. The molecule has 0 saturated heterocycles. The molecule has 0 aromatic heterocycles. The minimum atomic E-state index is -0.645. The first-order valence-electron chi connectivity index (χ1n) is 5.30. The zero-order chi connectivity index (χ0) is 13.1. The Bertz CT molecular complexity index is 623. The van der Waals surface area contributed by atoms with E-state index in [0.717, 1.165) is 10.8 Å². The van der Waals surface area contributed by atoms with Crippen molar-refractivity contribution < 1.29 is 14.3 Å². The van der Waals surface area contributed by atoms with Gasteiger partial charge in [-0.05, 0) is 11.5 Å². The maximum absolute atomic E-state index is 11.4. The molecule has 0 heterocycles. The molecule has 0 unspecified atom stereocenters. The lowest BCUT2D eigenvalue weighted by molar-refractivity contribution is 0.100. The van der Waals surface area contributed by atoms with E-state index in [1.165, 1.54) is 7.11 Å². The van der Waals surface area contributed by atoms with Gasteiger partial charge in [-0.3, -0.25) is 10.1 Å². The molecule has 5 nitrogen and oxygen atoms in total. The van der Waals surface area contributed by atoms with Crippen molar-refractivity contribution in [1.82, 2.24) is 0 Å². The molecule has 2 aromatic carbocycles. The second-order valence-corrected chi connectivity index (χ2v) is 3.69. The Balaban J connectivity index is 2.66. The van der Waals surface area contributed by atoms with Crippen LogP contribution < -0.4 is 11.1 Å².